The van der Waals surface area contributed by atoms with Crippen molar-refractivity contribution in [1.82, 2.24) is 15.5 Å². The van der Waals surface area contributed by atoms with Crippen LogP contribution in [-0.2, 0) is 4.74 Å². The molecule has 2 N–H and O–H groups in total. The van der Waals surface area contributed by atoms with Crippen molar-refractivity contribution in [2.75, 3.05) is 52.7 Å². The largest absolute Gasteiger partial charge is 0.381 e. The summed E-state index contributed by atoms with van der Waals surface area (Å²) in [7, 11) is 1.86. The molecule has 0 saturated carbocycles. The summed E-state index contributed by atoms with van der Waals surface area (Å²) >= 11 is 1.88. The number of guanidine groups is 1. The molecule has 134 valence electrons. The molecule has 0 unspecified atom stereocenters. The fraction of sp³-hybridized carbons (Fsp3) is 0.941. The van der Waals surface area contributed by atoms with Gasteiger partial charge in [0.05, 0.1) is 0 Å². The number of ether oxygens (including phenoxy) is 1. The van der Waals surface area contributed by atoms with Crippen LogP contribution >= 0.6 is 11.8 Å². The number of rotatable bonds is 6. The maximum Gasteiger partial charge on any atom is 0.191 e. The molecule has 0 aromatic heterocycles. The molecule has 0 radical (unpaired) electrons. The fourth-order valence-corrected chi connectivity index (χ4v) is 3.60. The molecule has 2 heterocycles. The van der Waals surface area contributed by atoms with Crippen molar-refractivity contribution in [2.45, 2.75) is 49.8 Å². The highest BCUT2D eigenvalue weighted by atomic mass is 32.2. The zero-order valence-corrected chi connectivity index (χ0v) is 16.1. The number of thioether (sulfide) groups is 1. The van der Waals surface area contributed by atoms with Crippen LogP contribution in [0.25, 0.3) is 0 Å². The van der Waals surface area contributed by atoms with Gasteiger partial charge in [0.1, 0.15) is 0 Å². The van der Waals surface area contributed by atoms with Gasteiger partial charge in [0.25, 0.3) is 0 Å². The summed E-state index contributed by atoms with van der Waals surface area (Å²) in [6, 6.07) is 0. The van der Waals surface area contributed by atoms with E-state index in [4.69, 9.17) is 4.74 Å². The number of hydrogen-bond donors (Lipinski definition) is 2. The molecule has 0 aliphatic carbocycles. The molecule has 0 bridgehead atoms. The van der Waals surface area contributed by atoms with Crippen LogP contribution < -0.4 is 10.6 Å². The average molecular weight is 343 g/mol. The maximum absolute atomic E-state index is 5.62. The van der Waals surface area contributed by atoms with E-state index in [0.29, 0.717) is 0 Å². The molecule has 0 atom stereocenters. The van der Waals surface area contributed by atoms with Crippen LogP contribution in [0.5, 0.6) is 0 Å². The first kappa shape index (κ1) is 18.9. The van der Waals surface area contributed by atoms with Crippen LogP contribution in [0, 0.1) is 0 Å². The minimum atomic E-state index is 0.211. The van der Waals surface area contributed by atoms with Crippen molar-refractivity contribution in [2.24, 2.45) is 4.99 Å². The van der Waals surface area contributed by atoms with Crippen molar-refractivity contribution in [3.05, 3.63) is 0 Å². The minimum absolute atomic E-state index is 0.211. The average Bonchev–Trinajstić information content (AvgIpc) is 3.11. The number of nitrogens with one attached hydrogen (secondary N) is 2. The van der Waals surface area contributed by atoms with Gasteiger partial charge in [-0.3, -0.25) is 9.89 Å². The molecule has 0 aromatic carbocycles. The molecule has 0 aromatic rings. The van der Waals surface area contributed by atoms with Crippen molar-refractivity contribution in [3.8, 4) is 0 Å². The number of likely N-dealkylation sites (tertiary alicyclic amines) is 1. The van der Waals surface area contributed by atoms with Gasteiger partial charge in [0.2, 0.25) is 0 Å². The Hall–Kier alpha value is -0.460. The van der Waals surface area contributed by atoms with Gasteiger partial charge >= 0.3 is 0 Å². The maximum atomic E-state index is 5.62. The third-order valence-corrected chi connectivity index (χ3v) is 6.49. The SMILES string of the molecule is CN=C(NCC(C)(C)SC)NCC1(N2CCCC2)CCOCC1. The highest BCUT2D eigenvalue weighted by Gasteiger charge is 2.39. The van der Waals surface area contributed by atoms with E-state index in [1.54, 1.807) is 0 Å². The topological polar surface area (TPSA) is 48.9 Å². The number of nitrogens with zero attached hydrogens (tertiary/aromatic N) is 2. The van der Waals surface area contributed by atoms with Crippen molar-refractivity contribution in [3.63, 3.8) is 0 Å². The van der Waals surface area contributed by atoms with Gasteiger partial charge in [0, 0.05) is 43.6 Å². The first-order valence-corrected chi connectivity index (χ1v) is 10.1. The lowest BCUT2D eigenvalue weighted by Gasteiger charge is -2.45. The molecule has 2 rings (SSSR count). The van der Waals surface area contributed by atoms with Gasteiger partial charge in [-0.05, 0) is 58.9 Å². The summed E-state index contributed by atoms with van der Waals surface area (Å²) in [5.41, 5.74) is 0.237. The summed E-state index contributed by atoms with van der Waals surface area (Å²) < 4.78 is 5.83. The quantitative estimate of drug-likeness (QED) is 0.571. The zero-order valence-electron chi connectivity index (χ0n) is 15.3. The van der Waals surface area contributed by atoms with E-state index in [0.717, 1.165) is 45.1 Å². The zero-order chi connectivity index (χ0) is 16.8. The Balaban J connectivity index is 1.91. The Morgan fingerprint density at radius 3 is 2.43 bits per heavy atom. The van der Waals surface area contributed by atoms with Crippen molar-refractivity contribution in [1.29, 1.82) is 0 Å². The van der Waals surface area contributed by atoms with Crippen molar-refractivity contribution < 1.29 is 4.74 Å². The molecule has 0 amide bonds. The van der Waals surface area contributed by atoms with E-state index in [-0.39, 0.29) is 10.3 Å². The number of aliphatic imine (C=N–C) groups is 1. The Bertz CT molecular complexity index is 388. The summed E-state index contributed by atoms with van der Waals surface area (Å²) in [6.07, 6.45) is 7.05. The van der Waals surface area contributed by atoms with E-state index < -0.39 is 0 Å². The molecular formula is C17H34N4OS. The predicted octanol–water partition coefficient (Wildman–Crippen LogP) is 1.94. The smallest absolute Gasteiger partial charge is 0.191 e. The van der Waals surface area contributed by atoms with Crippen LogP contribution in [-0.4, -0.2) is 73.8 Å². The summed E-state index contributed by atoms with van der Waals surface area (Å²) in [4.78, 5) is 7.09. The molecule has 6 heteroatoms. The van der Waals surface area contributed by atoms with Gasteiger partial charge in [-0.15, -0.1) is 0 Å². The van der Waals surface area contributed by atoms with Crippen LogP contribution in [0.3, 0.4) is 0 Å². The van der Waals surface area contributed by atoms with Crippen LogP contribution in [0.1, 0.15) is 39.5 Å². The second kappa shape index (κ2) is 8.58. The molecule has 2 saturated heterocycles. The fourth-order valence-electron chi connectivity index (χ4n) is 3.39. The van der Waals surface area contributed by atoms with Gasteiger partial charge in [-0.25, -0.2) is 0 Å². The Morgan fingerprint density at radius 1 is 1.22 bits per heavy atom. The Labute approximate surface area is 146 Å². The first-order valence-electron chi connectivity index (χ1n) is 8.84. The molecule has 23 heavy (non-hydrogen) atoms. The summed E-state index contributed by atoms with van der Waals surface area (Å²) in [5, 5.41) is 7.06. The van der Waals surface area contributed by atoms with Gasteiger partial charge < -0.3 is 15.4 Å². The Morgan fingerprint density at radius 2 is 1.87 bits per heavy atom. The molecule has 2 aliphatic heterocycles. The minimum Gasteiger partial charge on any atom is -0.381 e. The monoisotopic (exact) mass is 342 g/mol. The van der Waals surface area contributed by atoms with Gasteiger partial charge in [0.15, 0.2) is 5.96 Å². The van der Waals surface area contributed by atoms with E-state index in [9.17, 15) is 0 Å². The van der Waals surface area contributed by atoms with Crippen LogP contribution in [0.2, 0.25) is 0 Å². The standard InChI is InChI=1S/C17H34N4OS/c1-16(2,23-4)13-19-15(18-3)20-14-17(7-11-22-12-8-17)21-9-5-6-10-21/h5-14H2,1-4H3,(H2,18,19,20). The van der Waals surface area contributed by atoms with Crippen LogP contribution in [0.4, 0.5) is 0 Å². The summed E-state index contributed by atoms with van der Waals surface area (Å²) in [5.74, 6) is 0.914. The molecule has 2 fully saturated rings. The lowest BCUT2D eigenvalue weighted by Crippen LogP contribution is -2.59. The molecular weight excluding hydrogens is 308 g/mol. The second-order valence-corrected chi connectivity index (χ2v) is 8.79. The summed E-state index contributed by atoms with van der Waals surface area (Å²) in [6.45, 7) is 10.6. The highest BCUT2D eigenvalue weighted by molar-refractivity contribution is 7.99. The van der Waals surface area contributed by atoms with E-state index in [2.05, 4.69) is 40.6 Å². The molecule has 2 aliphatic rings. The highest BCUT2D eigenvalue weighted by Crippen LogP contribution is 2.30. The normalized spacial score (nSPS) is 23.0. The first-order chi connectivity index (χ1) is 11.0. The molecule has 0 spiro atoms. The van der Waals surface area contributed by atoms with E-state index in [1.165, 1.54) is 25.9 Å². The lowest BCUT2D eigenvalue weighted by atomic mass is 9.88. The lowest BCUT2D eigenvalue weighted by molar-refractivity contribution is -0.0164. The predicted molar refractivity (Wildman–Crippen MR) is 101 cm³/mol. The molecule has 5 nitrogen and oxygen atoms in total. The van der Waals surface area contributed by atoms with E-state index >= 15 is 0 Å². The second-order valence-electron chi connectivity index (χ2n) is 7.27. The van der Waals surface area contributed by atoms with Crippen LogP contribution in [0.15, 0.2) is 4.99 Å². The van der Waals surface area contributed by atoms with Gasteiger partial charge in [-0.2, -0.15) is 11.8 Å². The van der Waals surface area contributed by atoms with Crippen molar-refractivity contribution >= 4 is 17.7 Å². The van der Waals surface area contributed by atoms with Gasteiger partial charge in [-0.1, -0.05) is 0 Å². The number of hydrogen-bond acceptors (Lipinski definition) is 4. The Kier molecular flexibility index (Phi) is 7.04. The van der Waals surface area contributed by atoms with E-state index in [1.807, 2.05) is 18.8 Å². The third kappa shape index (κ3) is 5.26. The third-order valence-electron chi connectivity index (χ3n) is 5.24.